The van der Waals surface area contributed by atoms with Gasteiger partial charge >= 0.3 is 0 Å². The minimum Gasteiger partial charge on any atom is -0.268 e. The first kappa shape index (κ1) is 19.1. The van der Waals surface area contributed by atoms with Gasteiger partial charge in [-0.3, -0.25) is 9.59 Å². The molecular weight excluding hydrogens is 358 g/mol. The highest BCUT2D eigenvalue weighted by Gasteiger charge is 2.39. The van der Waals surface area contributed by atoms with Crippen LogP contribution < -0.4 is 4.90 Å². The fourth-order valence-corrected chi connectivity index (χ4v) is 3.20. The number of amides is 2. The zero-order valence-corrected chi connectivity index (χ0v) is 16.1. The van der Waals surface area contributed by atoms with Crippen LogP contribution in [0.3, 0.4) is 0 Å². The predicted octanol–water partition coefficient (Wildman–Crippen LogP) is 5.80. The quantitative estimate of drug-likeness (QED) is 0.361. The van der Waals surface area contributed by atoms with Gasteiger partial charge in [0.2, 0.25) is 0 Å². The molecular formula is C23H22ClNO2. The van der Waals surface area contributed by atoms with E-state index in [9.17, 15) is 9.59 Å². The molecule has 0 aromatic heterocycles. The average Bonchev–Trinajstić information content (AvgIpc) is 2.91. The first-order valence-electron chi connectivity index (χ1n) is 9.23. The van der Waals surface area contributed by atoms with Crippen LogP contribution in [-0.2, 0) is 9.59 Å². The van der Waals surface area contributed by atoms with E-state index < -0.39 is 0 Å². The third-order valence-electron chi connectivity index (χ3n) is 4.51. The summed E-state index contributed by atoms with van der Waals surface area (Å²) in [5.74, 6) is -0.550. The lowest BCUT2D eigenvalue weighted by molar-refractivity contribution is -0.119. The van der Waals surface area contributed by atoms with E-state index in [-0.39, 0.29) is 11.8 Å². The van der Waals surface area contributed by atoms with Crippen LogP contribution in [0.15, 0.2) is 71.8 Å². The largest absolute Gasteiger partial charge is 0.268 e. The van der Waals surface area contributed by atoms with Gasteiger partial charge in [0.05, 0.1) is 11.3 Å². The van der Waals surface area contributed by atoms with Gasteiger partial charge in [-0.1, -0.05) is 67.8 Å². The van der Waals surface area contributed by atoms with Gasteiger partial charge in [-0.25, -0.2) is 4.90 Å². The van der Waals surface area contributed by atoms with Crippen molar-refractivity contribution in [2.24, 2.45) is 0 Å². The zero-order chi connectivity index (χ0) is 19.2. The van der Waals surface area contributed by atoms with Crippen molar-refractivity contribution in [2.45, 2.75) is 32.6 Å². The van der Waals surface area contributed by atoms with Crippen LogP contribution in [-0.4, -0.2) is 11.8 Å². The van der Waals surface area contributed by atoms with Crippen LogP contribution in [0.5, 0.6) is 0 Å². The maximum atomic E-state index is 13.1. The summed E-state index contributed by atoms with van der Waals surface area (Å²) in [7, 11) is 0. The van der Waals surface area contributed by atoms with Crippen molar-refractivity contribution in [3.63, 3.8) is 0 Å². The van der Waals surface area contributed by atoms with E-state index in [0.717, 1.165) is 31.2 Å². The molecule has 3 rings (SSSR count). The van der Waals surface area contributed by atoms with Crippen molar-refractivity contribution >= 4 is 35.2 Å². The Kier molecular flexibility index (Phi) is 6.25. The monoisotopic (exact) mass is 379 g/mol. The van der Waals surface area contributed by atoms with Crippen molar-refractivity contribution in [1.29, 1.82) is 0 Å². The number of hydrogen-bond acceptors (Lipinski definition) is 2. The van der Waals surface area contributed by atoms with Gasteiger partial charge in [-0.2, -0.15) is 0 Å². The predicted molar refractivity (Wildman–Crippen MR) is 111 cm³/mol. The lowest BCUT2D eigenvalue weighted by Crippen LogP contribution is -2.29. The number of halogens is 1. The maximum Gasteiger partial charge on any atom is 0.266 e. The molecule has 1 heterocycles. The minimum absolute atomic E-state index is 0.261. The number of para-hydroxylation sites is 1. The molecule has 138 valence electrons. The number of carbonyl (C=O) groups excluding carboxylic acids is 2. The van der Waals surface area contributed by atoms with E-state index in [1.54, 1.807) is 30.3 Å². The minimum atomic E-state index is -0.289. The van der Waals surface area contributed by atoms with E-state index in [4.69, 9.17) is 11.6 Å². The van der Waals surface area contributed by atoms with Gasteiger partial charge in [0.15, 0.2) is 0 Å². The van der Waals surface area contributed by atoms with E-state index >= 15 is 0 Å². The van der Waals surface area contributed by atoms with Gasteiger partial charge in [0.25, 0.3) is 11.8 Å². The second kappa shape index (κ2) is 8.83. The third kappa shape index (κ3) is 4.37. The van der Waals surface area contributed by atoms with Gasteiger partial charge in [0, 0.05) is 10.6 Å². The highest BCUT2D eigenvalue weighted by atomic mass is 35.5. The number of rotatable bonds is 6. The topological polar surface area (TPSA) is 37.4 Å². The number of nitrogens with zero attached hydrogens (tertiary/aromatic N) is 1. The summed E-state index contributed by atoms with van der Waals surface area (Å²) >= 11 is 5.95. The molecule has 2 amide bonds. The molecule has 0 radical (unpaired) electrons. The van der Waals surface area contributed by atoms with E-state index in [2.05, 4.69) is 6.92 Å². The van der Waals surface area contributed by atoms with Crippen LogP contribution >= 0.6 is 11.6 Å². The number of unbranched alkanes of at least 4 members (excludes halogenated alkanes) is 3. The Morgan fingerprint density at radius 2 is 1.56 bits per heavy atom. The molecule has 2 aromatic rings. The molecule has 0 saturated carbocycles. The summed E-state index contributed by atoms with van der Waals surface area (Å²) in [6, 6.07) is 16.3. The Hall–Kier alpha value is -2.65. The number of hydrogen-bond donors (Lipinski definition) is 0. The lowest BCUT2D eigenvalue weighted by Gasteiger charge is -2.12. The Labute approximate surface area is 165 Å². The molecule has 3 nitrogen and oxygen atoms in total. The molecule has 27 heavy (non-hydrogen) atoms. The molecule has 2 aromatic carbocycles. The molecule has 0 bridgehead atoms. The number of benzene rings is 2. The Balaban J connectivity index is 2.00. The molecule has 0 spiro atoms. The van der Waals surface area contributed by atoms with Crippen LogP contribution in [0.25, 0.3) is 6.08 Å². The Bertz CT molecular complexity index is 882. The zero-order valence-electron chi connectivity index (χ0n) is 15.3. The maximum absolute atomic E-state index is 13.1. The number of anilines is 1. The highest BCUT2D eigenvalue weighted by molar-refractivity contribution is 6.38. The molecule has 0 atom stereocenters. The summed E-state index contributed by atoms with van der Waals surface area (Å²) < 4.78 is 0. The first-order valence-corrected chi connectivity index (χ1v) is 9.61. The van der Waals surface area contributed by atoms with Crippen LogP contribution in [0.2, 0.25) is 5.02 Å². The summed E-state index contributed by atoms with van der Waals surface area (Å²) in [6.07, 6.45) is 7.67. The fourth-order valence-electron chi connectivity index (χ4n) is 3.08. The molecule has 1 aliphatic rings. The second-order valence-electron chi connectivity index (χ2n) is 6.50. The summed E-state index contributed by atoms with van der Waals surface area (Å²) in [6.45, 7) is 2.14. The molecule has 1 fully saturated rings. The molecule has 1 saturated heterocycles. The summed E-state index contributed by atoms with van der Waals surface area (Å²) in [5, 5.41) is 0.632. The van der Waals surface area contributed by atoms with Gasteiger partial charge in [-0.05, 0) is 48.7 Å². The lowest BCUT2D eigenvalue weighted by atomic mass is 10.0. The van der Waals surface area contributed by atoms with Crippen LogP contribution in [0.1, 0.15) is 38.2 Å². The van der Waals surface area contributed by atoms with E-state index in [0.29, 0.717) is 21.9 Å². The smallest absolute Gasteiger partial charge is 0.266 e. The SMILES string of the molecule is CCCCC/C=C1/C(=O)N(c2ccccc2)C(=O)/C1=C\c1ccc(Cl)cc1. The third-order valence-corrected chi connectivity index (χ3v) is 4.76. The van der Waals surface area contributed by atoms with Gasteiger partial charge in [-0.15, -0.1) is 0 Å². The standard InChI is InChI=1S/C23H22ClNO2/c1-2-3-4-8-11-20-21(16-17-12-14-18(24)15-13-17)23(27)25(22(20)26)19-9-6-5-7-10-19/h5-7,9-16H,2-4,8H2,1H3/b20-11+,21-16-. The van der Waals surface area contributed by atoms with Crippen molar-refractivity contribution in [1.82, 2.24) is 0 Å². The van der Waals surface area contributed by atoms with Crippen molar-refractivity contribution in [2.75, 3.05) is 4.90 Å². The second-order valence-corrected chi connectivity index (χ2v) is 6.94. The number of allylic oxidation sites excluding steroid dienone is 1. The Morgan fingerprint density at radius 3 is 2.22 bits per heavy atom. The summed E-state index contributed by atoms with van der Waals surface area (Å²) in [4.78, 5) is 27.3. The highest BCUT2D eigenvalue weighted by Crippen LogP contribution is 2.32. The Morgan fingerprint density at radius 1 is 0.889 bits per heavy atom. The normalized spacial score (nSPS) is 17.3. The van der Waals surface area contributed by atoms with Gasteiger partial charge in [0.1, 0.15) is 0 Å². The molecule has 0 unspecified atom stereocenters. The van der Waals surface area contributed by atoms with Crippen molar-refractivity contribution in [3.8, 4) is 0 Å². The number of imide groups is 1. The summed E-state index contributed by atoms with van der Waals surface area (Å²) in [5.41, 5.74) is 2.34. The molecule has 0 N–H and O–H groups in total. The van der Waals surface area contributed by atoms with Crippen molar-refractivity contribution < 1.29 is 9.59 Å². The first-order chi connectivity index (χ1) is 13.1. The van der Waals surface area contributed by atoms with E-state index in [1.165, 1.54) is 4.90 Å². The molecule has 1 aliphatic heterocycles. The molecule has 0 aliphatic carbocycles. The van der Waals surface area contributed by atoms with Crippen molar-refractivity contribution in [3.05, 3.63) is 82.4 Å². The van der Waals surface area contributed by atoms with Gasteiger partial charge < -0.3 is 0 Å². The fraction of sp³-hybridized carbons (Fsp3) is 0.217. The van der Waals surface area contributed by atoms with E-state index in [1.807, 2.05) is 36.4 Å². The van der Waals surface area contributed by atoms with Crippen LogP contribution in [0.4, 0.5) is 5.69 Å². The molecule has 4 heteroatoms. The van der Waals surface area contributed by atoms with Crippen LogP contribution in [0, 0.1) is 0 Å². The number of carbonyl (C=O) groups is 2. The average molecular weight is 380 g/mol.